The van der Waals surface area contributed by atoms with E-state index in [9.17, 15) is 9.59 Å². The van der Waals surface area contributed by atoms with Gasteiger partial charge in [0.25, 0.3) is 11.8 Å². The van der Waals surface area contributed by atoms with Crippen molar-refractivity contribution in [1.29, 1.82) is 0 Å². The van der Waals surface area contributed by atoms with Crippen molar-refractivity contribution in [1.82, 2.24) is 25.0 Å². The van der Waals surface area contributed by atoms with Gasteiger partial charge in [0, 0.05) is 73.7 Å². The molecule has 0 spiro atoms. The van der Waals surface area contributed by atoms with Gasteiger partial charge >= 0.3 is 0 Å². The van der Waals surface area contributed by atoms with Gasteiger partial charge in [-0.1, -0.05) is 35.9 Å². The van der Waals surface area contributed by atoms with Crippen molar-refractivity contribution in [2.45, 2.75) is 12.5 Å². The Morgan fingerprint density at radius 3 is 2.31 bits per heavy atom. The zero-order chi connectivity index (χ0) is 31.7. The van der Waals surface area contributed by atoms with Crippen LogP contribution >= 0.6 is 11.6 Å². The number of likely N-dealkylation sites (tertiary alicyclic amines) is 1. The number of carbonyl (C=O) groups excluding carboxylic acids is 2. The van der Waals surface area contributed by atoms with E-state index in [0.29, 0.717) is 41.3 Å². The standard InChI is InChI=1S/C34H33ClN8O2/c1-41-19-25(18-39-41)24-15-29(32(37)38-17-24)33(44)40-27-13-14-43(20-27)34(45)23-5-3-21(4-6-23)22-7-10-28(11-8-22)42(2)31-12-9-26(36)16-30(31)35/h3-12,15-19,27H,13-14,20,36H2,1-2H3,(H2,37,38)(H,40,44)/t27-/m1/s1. The number of halogens is 1. The molecule has 1 atom stereocenters. The van der Waals surface area contributed by atoms with E-state index >= 15 is 0 Å². The number of nitrogen functional groups attached to an aromatic ring is 2. The Kier molecular flexibility index (Phi) is 8.14. The van der Waals surface area contributed by atoms with Gasteiger partial charge in [0.1, 0.15) is 5.82 Å². The van der Waals surface area contributed by atoms with E-state index in [4.69, 9.17) is 23.1 Å². The lowest BCUT2D eigenvalue weighted by molar-refractivity contribution is 0.0783. The highest BCUT2D eigenvalue weighted by Crippen LogP contribution is 2.33. The number of aryl methyl sites for hydroxylation is 1. The Labute approximate surface area is 266 Å². The number of hydrogen-bond donors (Lipinski definition) is 3. The molecule has 1 fully saturated rings. The Morgan fingerprint density at radius 1 is 0.933 bits per heavy atom. The summed E-state index contributed by atoms with van der Waals surface area (Å²) in [7, 11) is 3.78. The largest absolute Gasteiger partial charge is 0.399 e. The maximum absolute atomic E-state index is 13.3. The zero-order valence-electron chi connectivity index (χ0n) is 24.9. The molecule has 3 aromatic carbocycles. The highest BCUT2D eigenvalue weighted by molar-refractivity contribution is 6.33. The second-order valence-electron chi connectivity index (χ2n) is 11.2. The minimum Gasteiger partial charge on any atom is -0.399 e. The molecule has 1 aliphatic rings. The molecule has 10 nitrogen and oxygen atoms in total. The molecule has 0 unspecified atom stereocenters. The fourth-order valence-electron chi connectivity index (χ4n) is 5.51. The lowest BCUT2D eigenvalue weighted by Gasteiger charge is -2.21. The molecule has 0 aliphatic carbocycles. The van der Waals surface area contributed by atoms with Crippen molar-refractivity contribution in [3.63, 3.8) is 0 Å². The fraction of sp³-hybridized carbons (Fsp3) is 0.176. The molecule has 2 amide bonds. The maximum Gasteiger partial charge on any atom is 0.255 e. The van der Waals surface area contributed by atoms with Gasteiger partial charge in [-0.25, -0.2) is 4.98 Å². The Bertz CT molecular complexity index is 1870. The Hall–Kier alpha value is -5.35. The number of aromatic nitrogens is 3. The molecule has 0 bridgehead atoms. The number of rotatable bonds is 7. The first-order valence-electron chi connectivity index (χ1n) is 14.5. The summed E-state index contributed by atoms with van der Waals surface area (Å²) in [6.45, 7) is 0.955. The van der Waals surface area contributed by atoms with Crippen molar-refractivity contribution in [3.05, 3.63) is 108 Å². The van der Waals surface area contributed by atoms with E-state index in [1.807, 2.05) is 85.9 Å². The topological polar surface area (TPSA) is 135 Å². The lowest BCUT2D eigenvalue weighted by atomic mass is 10.0. The van der Waals surface area contributed by atoms with Crippen molar-refractivity contribution in [2.24, 2.45) is 7.05 Å². The average molecular weight is 621 g/mol. The van der Waals surface area contributed by atoms with Gasteiger partial charge in [0.15, 0.2) is 0 Å². The quantitative estimate of drug-likeness (QED) is 0.208. The first-order valence-corrected chi connectivity index (χ1v) is 14.9. The number of pyridine rings is 1. The lowest BCUT2D eigenvalue weighted by Crippen LogP contribution is -2.38. The Morgan fingerprint density at radius 2 is 1.64 bits per heavy atom. The highest BCUT2D eigenvalue weighted by Gasteiger charge is 2.29. The van der Waals surface area contributed by atoms with Crippen LogP contribution in [0.4, 0.5) is 22.9 Å². The molecule has 5 N–H and O–H groups in total. The smallest absolute Gasteiger partial charge is 0.255 e. The van der Waals surface area contributed by atoms with E-state index in [0.717, 1.165) is 33.6 Å². The number of nitrogens with zero attached hydrogens (tertiary/aromatic N) is 5. The molecule has 3 heterocycles. The first kappa shape index (κ1) is 29.7. The van der Waals surface area contributed by atoms with E-state index in [2.05, 4.69) is 15.4 Å². The molecule has 1 aliphatic heterocycles. The highest BCUT2D eigenvalue weighted by atomic mass is 35.5. The van der Waals surface area contributed by atoms with E-state index in [1.165, 1.54) is 0 Å². The van der Waals surface area contributed by atoms with Gasteiger partial charge in [-0.05, 0) is 66.1 Å². The van der Waals surface area contributed by atoms with Crippen LogP contribution in [0.3, 0.4) is 0 Å². The number of nitrogens with two attached hydrogens (primary N) is 2. The summed E-state index contributed by atoms with van der Waals surface area (Å²) < 4.78 is 1.68. The summed E-state index contributed by atoms with van der Waals surface area (Å²) in [5.74, 6) is -0.238. The molecule has 11 heteroatoms. The molecule has 0 radical (unpaired) electrons. The summed E-state index contributed by atoms with van der Waals surface area (Å²) in [5, 5.41) is 7.79. The third kappa shape index (κ3) is 6.32. The van der Waals surface area contributed by atoms with Crippen molar-refractivity contribution >= 4 is 46.3 Å². The first-order chi connectivity index (χ1) is 21.7. The third-order valence-corrected chi connectivity index (χ3v) is 8.37. The zero-order valence-corrected chi connectivity index (χ0v) is 25.7. The van der Waals surface area contributed by atoms with Crippen LogP contribution < -0.4 is 21.7 Å². The Balaban J connectivity index is 1.07. The van der Waals surface area contributed by atoms with Gasteiger partial charge in [-0.3, -0.25) is 14.3 Å². The van der Waals surface area contributed by atoms with E-state index in [1.54, 1.807) is 34.1 Å². The van der Waals surface area contributed by atoms with Crippen LogP contribution in [-0.2, 0) is 7.05 Å². The predicted molar refractivity (Wildman–Crippen MR) is 178 cm³/mol. The van der Waals surface area contributed by atoms with Gasteiger partial charge in [-0.15, -0.1) is 0 Å². The van der Waals surface area contributed by atoms with Crippen LogP contribution in [0.25, 0.3) is 22.3 Å². The van der Waals surface area contributed by atoms with Gasteiger partial charge in [0.05, 0.1) is 22.5 Å². The molecule has 228 valence electrons. The summed E-state index contributed by atoms with van der Waals surface area (Å²) >= 11 is 6.39. The van der Waals surface area contributed by atoms with Crippen LogP contribution in [0.2, 0.25) is 5.02 Å². The minimum atomic E-state index is -0.317. The number of amides is 2. The number of benzene rings is 3. The maximum atomic E-state index is 13.3. The normalized spacial score (nSPS) is 14.4. The van der Waals surface area contributed by atoms with Gasteiger partial charge < -0.3 is 26.6 Å². The van der Waals surface area contributed by atoms with Crippen molar-refractivity contribution < 1.29 is 9.59 Å². The molecule has 6 rings (SSSR count). The van der Waals surface area contributed by atoms with Crippen LogP contribution in [0.5, 0.6) is 0 Å². The molecular formula is C34H33ClN8O2. The van der Waals surface area contributed by atoms with Crippen molar-refractivity contribution in [3.8, 4) is 22.3 Å². The van der Waals surface area contributed by atoms with Gasteiger partial charge in [0.2, 0.25) is 0 Å². The molecule has 5 aromatic rings. The van der Waals surface area contributed by atoms with Crippen LogP contribution in [0.15, 0.2) is 91.4 Å². The van der Waals surface area contributed by atoms with E-state index in [-0.39, 0.29) is 23.7 Å². The van der Waals surface area contributed by atoms with Crippen LogP contribution in [0, 0.1) is 0 Å². The summed E-state index contributed by atoms with van der Waals surface area (Å²) in [6, 6.07) is 22.7. The molecular weight excluding hydrogens is 588 g/mol. The predicted octanol–water partition coefficient (Wildman–Crippen LogP) is 5.38. The van der Waals surface area contributed by atoms with Crippen molar-refractivity contribution in [2.75, 3.05) is 36.5 Å². The summed E-state index contributed by atoms with van der Waals surface area (Å²) in [4.78, 5) is 34.4. The molecule has 1 saturated heterocycles. The number of nitrogens with one attached hydrogen (secondary N) is 1. The SMILES string of the molecule is CN(c1ccc(-c2ccc(C(=O)N3CC[C@@H](NC(=O)c4cc(-c5cnn(C)c5)cnc4N)C3)cc2)cc1)c1ccc(N)cc1Cl. The summed E-state index contributed by atoms with van der Waals surface area (Å²) in [6.07, 6.45) is 5.82. The molecule has 0 saturated carbocycles. The van der Waals surface area contributed by atoms with Gasteiger partial charge in [-0.2, -0.15) is 5.10 Å². The number of anilines is 4. The van der Waals surface area contributed by atoms with Crippen LogP contribution in [-0.4, -0.2) is 57.7 Å². The summed E-state index contributed by atoms with van der Waals surface area (Å²) in [5.41, 5.74) is 18.8. The molecule has 45 heavy (non-hydrogen) atoms. The monoisotopic (exact) mass is 620 g/mol. The second-order valence-corrected chi connectivity index (χ2v) is 11.6. The number of hydrogen-bond acceptors (Lipinski definition) is 7. The van der Waals surface area contributed by atoms with Crippen LogP contribution in [0.1, 0.15) is 27.1 Å². The van der Waals surface area contributed by atoms with E-state index < -0.39 is 0 Å². The number of carbonyl (C=O) groups is 2. The fourth-order valence-corrected chi connectivity index (χ4v) is 5.83. The third-order valence-electron chi connectivity index (χ3n) is 8.06. The second kappa shape index (κ2) is 12.3. The average Bonchev–Trinajstić information content (AvgIpc) is 3.70. The molecule has 2 aromatic heterocycles. The minimum absolute atomic E-state index is 0.0737.